The summed E-state index contributed by atoms with van der Waals surface area (Å²) >= 11 is 5.73. The molecule has 2 aliphatic rings. The predicted molar refractivity (Wildman–Crippen MR) is 118 cm³/mol. The van der Waals surface area contributed by atoms with Crippen molar-refractivity contribution in [3.8, 4) is 0 Å². The molecule has 2 aromatic rings. The molecule has 8 heteroatoms. The lowest BCUT2D eigenvalue weighted by Crippen LogP contribution is -2.53. The summed E-state index contributed by atoms with van der Waals surface area (Å²) < 4.78 is 13.9. The molecule has 3 N–H and O–H groups in total. The first-order valence-electron chi connectivity index (χ1n) is 10.5. The first-order chi connectivity index (χ1) is 14.9. The number of hydrogen-bond acceptors (Lipinski definition) is 3. The third kappa shape index (κ3) is 4.83. The van der Waals surface area contributed by atoms with E-state index < -0.39 is 17.9 Å². The first kappa shape index (κ1) is 21.6. The Kier molecular flexibility index (Phi) is 6.43. The van der Waals surface area contributed by atoms with Crippen LogP contribution in [0.4, 0.5) is 20.6 Å². The second-order valence-electron chi connectivity index (χ2n) is 8.10. The molecule has 1 saturated heterocycles. The van der Waals surface area contributed by atoms with Crippen molar-refractivity contribution in [1.29, 1.82) is 0 Å². The van der Waals surface area contributed by atoms with Gasteiger partial charge >= 0.3 is 6.03 Å². The van der Waals surface area contributed by atoms with Gasteiger partial charge in [-0.05, 0) is 61.6 Å². The maximum Gasteiger partial charge on any atom is 0.319 e. The number of benzene rings is 2. The highest BCUT2D eigenvalue weighted by atomic mass is 35.5. The number of halogens is 2. The minimum absolute atomic E-state index is 0.00768. The van der Waals surface area contributed by atoms with E-state index in [0.717, 1.165) is 43.0 Å². The largest absolute Gasteiger partial charge is 0.392 e. The lowest BCUT2D eigenvalue weighted by atomic mass is 9.95. The van der Waals surface area contributed by atoms with Gasteiger partial charge in [-0.1, -0.05) is 30.2 Å². The van der Waals surface area contributed by atoms with Crippen LogP contribution < -0.4 is 15.5 Å². The molecule has 3 atom stereocenters. The lowest BCUT2D eigenvalue weighted by molar-refractivity contribution is -0.121. The van der Waals surface area contributed by atoms with Crippen molar-refractivity contribution in [3.05, 3.63) is 58.9 Å². The van der Waals surface area contributed by atoms with Gasteiger partial charge in [-0.2, -0.15) is 0 Å². The molecule has 164 valence electrons. The lowest BCUT2D eigenvalue weighted by Gasteiger charge is -2.33. The molecule has 1 aliphatic heterocycles. The van der Waals surface area contributed by atoms with E-state index in [4.69, 9.17) is 11.6 Å². The van der Waals surface area contributed by atoms with Gasteiger partial charge in [-0.15, -0.1) is 0 Å². The number of carbonyl (C=O) groups is 2. The van der Waals surface area contributed by atoms with Gasteiger partial charge in [-0.25, -0.2) is 9.18 Å². The molecular weight excluding hydrogens is 421 g/mol. The van der Waals surface area contributed by atoms with E-state index in [1.165, 1.54) is 12.1 Å². The number of amides is 3. The fourth-order valence-corrected chi connectivity index (χ4v) is 4.56. The van der Waals surface area contributed by atoms with Crippen molar-refractivity contribution in [2.45, 2.75) is 50.2 Å². The zero-order chi connectivity index (χ0) is 22.0. The van der Waals surface area contributed by atoms with Crippen LogP contribution in [-0.2, 0) is 4.79 Å². The molecule has 1 heterocycles. The molecule has 3 amide bonds. The van der Waals surface area contributed by atoms with Crippen LogP contribution >= 0.6 is 11.6 Å². The van der Waals surface area contributed by atoms with Gasteiger partial charge in [0.25, 0.3) is 0 Å². The van der Waals surface area contributed by atoms with Gasteiger partial charge in [0, 0.05) is 23.2 Å². The third-order valence-corrected chi connectivity index (χ3v) is 6.27. The molecule has 1 aliphatic carbocycles. The average Bonchev–Trinajstić information content (AvgIpc) is 3.18. The minimum atomic E-state index is -0.694. The van der Waals surface area contributed by atoms with E-state index >= 15 is 0 Å². The quantitative estimate of drug-likeness (QED) is 0.651. The van der Waals surface area contributed by atoms with Crippen LogP contribution in [0.25, 0.3) is 0 Å². The summed E-state index contributed by atoms with van der Waals surface area (Å²) in [6.45, 7) is 0.565. The van der Waals surface area contributed by atoms with Crippen molar-refractivity contribution in [2.24, 2.45) is 0 Å². The summed E-state index contributed by atoms with van der Waals surface area (Å²) in [5.74, 6) is -0.698. The molecule has 1 saturated carbocycles. The molecule has 0 spiro atoms. The molecule has 4 rings (SSSR count). The molecule has 0 aromatic heterocycles. The Labute approximate surface area is 185 Å². The van der Waals surface area contributed by atoms with E-state index in [1.54, 1.807) is 4.90 Å². The van der Waals surface area contributed by atoms with Crippen LogP contribution in [0.3, 0.4) is 0 Å². The van der Waals surface area contributed by atoms with Crippen LogP contribution in [0.15, 0.2) is 42.5 Å². The predicted octanol–water partition coefficient (Wildman–Crippen LogP) is 4.42. The van der Waals surface area contributed by atoms with Crippen molar-refractivity contribution >= 4 is 34.9 Å². The van der Waals surface area contributed by atoms with E-state index in [9.17, 15) is 19.1 Å². The molecule has 0 bridgehead atoms. The zero-order valence-corrected chi connectivity index (χ0v) is 17.7. The fourth-order valence-electron chi connectivity index (χ4n) is 4.40. The molecular formula is C23H25ClFN3O3. The Morgan fingerprint density at radius 3 is 2.55 bits per heavy atom. The monoisotopic (exact) mass is 445 g/mol. The second-order valence-corrected chi connectivity index (χ2v) is 8.54. The van der Waals surface area contributed by atoms with Crippen molar-refractivity contribution in [3.63, 3.8) is 0 Å². The molecule has 2 aromatic carbocycles. The topological polar surface area (TPSA) is 81.7 Å². The number of anilines is 2. The Morgan fingerprint density at radius 1 is 1.10 bits per heavy atom. The van der Waals surface area contributed by atoms with Gasteiger partial charge in [0.05, 0.1) is 11.8 Å². The molecule has 6 nitrogen and oxygen atoms in total. The van der Waals surface area contributed by atoms with Crippen molar-refractivity contribution in [1.82, 2.24) is 5.32 Å². The number of rotatable bonds is 4. The number of nitrogens with one attached hydrogen (secondary N) is 2. The minimum Gasteiger partial charge on any atom is -0.392 e. The van der Waals surface area contributed by atoms with Crippen molar-refractivity contribution < 1.29 is 19.1 Å². The molecule has 31 heavy (non-hydrogen) atoms. The number of aliphatic hydroxyl groups excluding tert-OH is 1. The smallest absolute Gasteiger partial charge is 0.319 e. The highest BCUT2D eigenvalue weighted by molar-refractivity contribution is 6.30. The number of hydrogen-bond donors (Lipinski definition) is 3. The van der Waals surface area contributed by atoms with Gasteiger partial charge in [0.15, 0.2) is 0 Å². The van der Waals surface area contributed by atoms with Crippen LogP contribution in [0.2, 0.25) is 5.02 Å². The van der Waals surface area contributed by atoms with Gasteiger partial charge in [0.1, 0.15) is 11.9 Å². The summed E-state index contributed by atoms with van der Waals surface area (Å²) in [6.07, 6.45) is 3.76. The highest BCUT2D eigenvalue weighted by Crippen LogP contribution is 2.35. The number of aliphatic hydroxyl groups is 1. The van der Waals surface area contributed by atoms with Gasteiger partial charge < -0.3 is 20.6 Å². The molecule has 2 fully saturated rings. The number of carbonyl (C=O) groups excluding carboxylic acids is 2. The SMILES string of the molecule is O=C(Nc1ccc(Cl)cc1F)NC1CCCN(c2ccc(C3CCCC3O)cc2)C1=O. The average molecular weight is 446 g/mol. The number of piperidine rings is 1. The number of urea groups is 1. The van der Waals surface area contributed by atoms with E-state index in [2.05, 4.69) is 10.6 Å². The molecule has 3 unspecified atom stereocenters. The molecule has 0 radical (unpaired) electrons. The normalized spacial score (nSPS) is 23.6. The summed E-state index contributed by atoms with van der Waals surface area (Å²) in [7, 11) is 0. The van der Waals surface area contributed by atoms with Crippen LogP contribution in [0, 0.1) is 5.82 Å². The summed E-state index contributed by atoms with van der Waals surface area (Å²) in [6, 6.07) is 10.3. The zero-order valence-electron chi connectivity index (χ0n) is 17.0. The summed E-state index contributed by atoms with van der Waals surface area (Å²) in [4.78, 5) is 26.9. The second kappa shape index (κ2) is 9.24. The Morgan fingerprint density at radius 2 is 1.87 bits per heavy atom. The van der Waals surface area contributed by atoms with Crippen LogP contribution in [0.1, 0.15) is 43.6 Å². The van der Waals surface area contributed by atoms with E-state index in [-0.39, 0.29) is 28.6 Å². The standard InChI is InChI=1S/C23H25ClFN3O3/c24-15-8-11-19(18(25)13-15)26-23(31)27-20-4-2-12-28(22(20)30)16-9-6-14(7-10-16)17-3-1-5-21(17)29/h6-11,13,17,20-21,29H,1-5,12H2,(H2,26,27,31). The van der Waals surface area contributed by atoms with E-state index in [1.807, 2.05) is 24.3 Å². The maximum absolute atomic E-state index is 13.9. The highest BCUT2D eigenvalue weighted by Gasteiger charge is 2.31. The van der Waals surface area contributed by atoms with Gasteiger partial charge in [0.2, 0.25) is 5.91 Å². The van der Waals surface area contributed by atoms with Gasteiger partial charge in [-0.3, -0.25) is 4.79 Å². The Hall–Kier alpha value is -2.64. The first-order valence-corrected chi connectivity index (χ1v) is 10.9. The summed E-state index contributed by atoms with van der Waals surface area (Å²) in [5.41, 5.74) is 1.83. The Bertz CT molecular complexity index is 969. The van der Waals surface area contributed by atoms with Crippen LogP contribution in [0.5, 0.6) is 0 Å². The van der Waals surface area contributed by atoms with E-state index in [0.29, 0.717) is 13.0 Å². The maximum atomic E-state index is 13.9. The third-order valence-electron chi connectivity index (χ3n) is 6.04. The Balaban J connectivity index is 1.40. The van der Waals surface area contributed by atoms with Crippen LogP contribution in [-0.4, -0.2) is 35.7 Å². The fraction of sp³-hybridized carbons (Fsp3) is 0.391. The number of nitrogens with zero attached hydrogens (tertiary/aromatic N) is 1. The summed E-state index contributed by atoms with van der Waals surface area (Å²) in [5, 5.41) is 15.4. The van der Waals surface area contributed by atoms with Crippen molar-refractivity contribution in [2.75, 3.05) is 16.8 Å².